The van der Waals surface area contributed by atoms with Gasteiger partial charge in [0.05, 0.1) is 12.0 Å². The summed E-state index contributed by atoms with van der Waals surface area (Å²) in [5.41, 5.74) is 0.426. The molecule has 24 heavy (non-hydrogen) atoms. The number of carbonyl (C=O) groups excluding carboxylic acids is 1. The first-order valence-electron chi connectivity index (χ1n) is 7.85. The molecule has 0 saturated carbocycles. The summed E-state index contributed by atoms with van der Waals surface area (Å²) in [6.07, 6.45) is 1.29. The van der Waals surface area contributed by atoms with Crippen molar-refractivity contribution in [1.29, 1.82) is 0 Å². The first-order valence-corrected chi connectivity index (χ1v) is 8.67. The molecule has 2 N–H and O–H groups in total. The molecule has 6 heteroatoms. The highest BCUT2D eigenvalue weighted by Crippen LogP contribution is 2.35. The highest BCUT2D eigenvalue weighted by Gasteiger charge is 2.41. The van der Waals surface area contributed by atoms with Crippen LogP contribution in [-0.2, 0) is 21.5 Å². The molecule has 2 aromatic rings. The molecule has 0 unspecified atom stereocenters. The second-order valence-corrected chi connectivity index (χ2v) is 6.98. The lowest BCUT2D eigenvalue weighted by Crippen LogP contribution is -2.47. The van der Waals surface area contributed by atoms with Crippen LogP contribution in [0.2, 0.25) is 0 Å². The number of benzene rings is 1. The fraction of sp³-hybridized carbons (Fsp3) is 0.333. The van der Waals surface area contributed by atoms with Gasteiger partial charge in [0.2, 0.25) is 5.91 Å². The predicted molar refractivity (Wildman–Crippen MR) is 91.3 cm³/mol. The van der Waals surface area contributed by atoms with Gasteiger partial charge in [0.25, 0.3) is 0 Å². The molecule has 0 radical (unpaired) electrons. The molecule has 0 bridgehead atoms. The van der Waals surface area contributed by atoms with E-state index >= 15 is 0 Å². The van der Waals surface area contributed by atoms with Gasteiger partial charge in [-0.05, 0) is 30.5 Å². The maximum Gasteiger partial charge on any atom is 0.345 e. The summed E-state index contributed by atoms with van der Waals surface area (Å²) >= 11 is 1.19. The van der Waals surface area contributed by atoms with Crippen LogP contribution in [0.4, 0.5) is 0 Å². The molecule has 1 aromatic heterocycles. The zero-order chi connectivity index (χ0) is 17.0. The van der Waals surface area contributed by atoms with E-state index in [2.05, 4.69) is 5.32 Å². The van der Waals surface area contributed by atoms with Gasteiger partial charge >= 0.3 is 5.97 Å². The third kappa shape index (κ3) is 3.34. The van der Waals surface area contributed by atoms with E-state index in [1.807, 2.05) is 30.3 Å². The zero-order valence-corrected chi connectivity index (χ0v) is 14.0. The third-order valence-electron chi connectivity index (χ3n) is 4.40. The van der Waals surface area contributed by atoms with Gasteiger partial charge in [-0.3, -0.25) is 4.79 Å². The average molecular weight is 345 g/mol. The van der Waals surface area contributed by atoms with E-state index in [4.69, 9.17) is 9.84 Å². The summed E-state index contributed by atoms with van der Waals surface area (Å²) in [5, 5.41) is 12.0. The molecule has 126 valence electrons. The van der Waals surface area contributed by atoms with Gasteiger partial charge in [-0.15, -0.1) is 11.3 Å². The standard InChI is InChI=1S/C18H19NO4S/c20-16(21)15-7-6-14(24-15)12-19-17(22)18(8-10-23-11-9-18)13-4-2-1-3-5-13/h1-7H,8-12H2,(H,19,22)(H,20,21). The van der Waals surface area contributed by atoms with Crippen LogP contribution in [0.3, 0.4) is 0 Å². The Morgan fingerprint density at radius 3 is 2.46 bits per heavy atom. The summed E-state index contributed by atoms with van der Waals surface area (Å²) in [7, 11) is 0. The van der Waals surface area contributed by atoms with E-state index < -0.39 is 11.4 Å². The molecule has 5 nitrogen and oxygen atoms in total. The number of rotatable bonds is 5. The van der Waals surface area contributed by atoms with Crippen molar-refractivity contribution in [1.82, 2.24) is 5.32 Å². The van der Waals surface area contributed by atoms with E-state index in [1.54, 1.807) is 12.1 Å². The molecule has 1 saturated heterocycles. The number of amides is 1. The Labute approximate surface area is 144 Å². The fourth-order valence-corrected chi connectivity index (χ4v) is 3.83. The molecule has 0 aliphatic carbocycles. The predicted octanol–water partition coefficient (Wildman–Crippen LogP) is 2.81. The first-order chi connectivity index (χ1) is 11.6. The molecule has 1 aliphatic heterocycles. The van der Waals surface area contributed by atoms with Crippen LogP contribution in [0.15, 0.2) is 42.5 Å². The van der Waals surface area contributed by atoms with Gasteiger partial charge in [-0.25, -0.2) is 4.79 Å². The number of carboxylic acids is 1. The SMILES string of the molecule is O=C(O)c1ccc(CNC(=O)C2(c3ccccc3)CCOCC2)s1. The molecule has 1 aliphatic rings. The molecular weight excluding hydrogens is 326 g/mol. The van der Waals surface area contributed by atoms with Gasteiger partial charge in [0, 0.05) is 18.1 Å². The second-order valence-electron chi connectivity index (χ2n) is 5.81. The van der Waals surface area contributed by atoms with Crippen molar-refractivity contribution in [3.8, 4) is 0 Å². The molecule has 1 fully saturated rings. The van der Waals surface area contributed by atoms with Crippen molar-refractivity contribution in [2.24, 2.45) is 0 Å². The minimum atomic E-state index is -0.942. The topological polar surface area (TPSA) is 75.6 Å². The van der Waals surface area contributed by atoms with Crippen molar-refractivity contribution in [2.45, 2.75) is 24.8 Å². The molecular formula is C18H19NO4S. The van der Waals surface area contributed by atoms with Crippen LogP contribution in [-0.4, -0.2) is 30.2 Å². The van der Waals surface area contributed by atoms with Gasteiger partial charge < -0.3 is 15.2 Å². The number of hydrogen-bond acceptors (Lipinski definition) is 4. The Morgan fingerprint density at radius 2 is 1.83 bits per heavy atom. The Kier molecular flexibility index (Phi) is 4.97. The molecule has 1 amide bonds. The van der Waals surface area contributed by atoms with Crippen LogP contribution in [0.25, 0.3) is 0 Å². The van der Waals surface area contributed by atoms with E-state index in [1.165, 1.54) is 11.3 Å². The highest BCUT2D eigenvalue weighted by molar-refractivity contribution is 7.13. The first kappa shape index (κ1) is 16.7. The largest absolute Gasteiger partial charge is 0.477 e. The lowest BCUT2D eigenvalue weighted by atomic mass is 9.73. The van der Waals surface area contributed by atoms with E-state index in [9.17, 15) is 9.59 Å². The van der Waals surface area contributed by atoms with Crippen LogP contribution in [0.5, 0.6) is 0 Å². The summed E-state index contributed by atoms with van der Waals surface area (Å²) in [5.74, 6) is -0.968. The maximum atomic E-state index is 13.0. The molecule has 1 aromatic carbocycles. The Morgan fingerprint density at radius 1 is 1.12 bits per heavy atom. The summed E-state index contributed by atoms with van der Waals surface area (Å²) in [4.78, 5) is 25.0. The molecule has 0 spiro atoms. The van der Waals surface area contributed by atoms with Crippen LogP contribution >= 0.6 is 11.3 Å². The third-order valence-corrected chi connectivity index (χ3v) is 5.48. The Bertz CT molecular complexity index is 720. The Hall–Kier alpha value is -2.18. The molecule has 0 atom stereocenters. The number of aromatic carboxylic acids is 1. The molecule has 3 rings (SSSR count). The van der Waals surface area contributed by atoms with E-state index in [0.717, 1.165) is 10.4 Å². The van der Waals surface area contributed by atoms with Crippen LogP contribution < -0.4 is 5.32 Å². The summed E-state index contributed by atoms with van der Waals surface area (Å²) < 4.78 is 5.45. The van der Waals surface area contributed by atoms with E-state index in [0.29, 0.717) is 32.6 Å². The summed E-state index contributed by atoms with van der Waals surface area (Å²) in [6, 6.07) is 13.1. The van der Waals surface area contributed by atoms with Crippen molar-refractivity contribution in [2.75, 3.05) is 13.2 Å². The van der Waals surface area contributed by atoms with Gasteiger partial charge in [0.15, 0.2) is 0 Å². The van der Waals surface area contributed by atoms with E-state index in [-0.39, 0.29) is 10.8 Å². The monoisotopic (exact) mass is 345 g/mol. The molecule has 2 heterocycles. The lowest BCUT2D eigenvalue weighted by Gasteiger charge is -2.36. The quantitative estimate of drug-likeness (QED) is 0.874. The number of carboxylic acid groups (broad SMARTS) is 1. The number of ether oxygens (including phenoxy) is 1. The fourth-order valence-electron chi connectivity index (χ4n) is 3.05. The average Bonchev–Trinajstić information content (AvgIpc) is 3.10. The number of carbonyl (C=O) groups is 2. The summed E-state index contributed by atoms with van der Waals surface area (Å²) in [6.45, 7) is 1.46. The number of thiophene rings is 1. The zero-order valence-electron chi connectivity index (χ0n) is 13.2. The van der Waals surface area contributed by atoms with Crippen molar-refractivity contribution in [3.63, 3.8) is 0 Å². The number of nitrogens with one attached hydrogen (secondary N) is 1. The van der Waals surface area contributed by atoms with Crippen molar-refractivity contribution >= 4 is 23.2 Å². The van der Waals surface area contributed by atoms with Crippen molar-refractivity contribution < 1.29 is 19.4 Å². The smallest absolute Gasteiger partial charge is 0.345 e. The normalized spacial score (nSPS) is 16.5. The Balaban J connectivity index is 1.75. The lowest BCUT2D eigenvalue weighted by molar-refractivity contribution is -0.130. The minimum absolute atomic E-state index is 0.0257. The van der Waals surface area contributed by atoms with Gasteiger partial charge in [-0.1, -0.05) is 30.3 Å². The highest BCUT2D eigenvalue weighted by atomic mass is 32.1. The minimum Gasteiger partial charge on any atom is -0.477 e. The second kappa shape index (κ2) is 7.15. The van der Waals surface area contributed by atoms with Crippen LogP contribution in [0.1, 0.15) is 33.0 Å². The van der Waals surface area contributed by atoms with Crippen LogP contribution in [0, 0.1) is 0 Å². The van der Waals surface area contributed by atoms with Gasteiger partial charge in [0.1, 0.15) is 4.88 Å². The number of hydrogen-bond donors (Lipinski definition) is 2. The maximum absolute atomic E-state index is 13.0. The van der Waals surface area contributed by atoms with Gasteiger partial charge in [-0.2, -0.15) is 0 Å². The van der Waals surface area contributed by atoms with Crippen molar-refractivity contribution in [3.05, 3.63) is 57.8 Å².